The third kappa shape index (κ3) is 3.11. The fourth-order valence-electron chi connectivity index (χ4n) is 0.828. The number of H-pyrrole nitrogens is 1. The highest BCUT2D eigenvalue weighted by atomic mass is 16.5. The summed E-state index contributed by atoms with van der Waals surface area (Å²) >= 11 is 0. The maximum absolute atomic E-state index is 10.9. The van der Waals surface area contributed by atoms with Crippen LogP contribution < -0.4 is 4.68 Å². The summed E-state index contributed by atoms with van der Waals surface area (Å²) in [5.41, 5.74) is 0.427. The Kier molecular flexibility index (Phi) is 3.25. The Labute approximate surface area is 76.8 Å². The van der Waals surface area contributed by atoms with Crippen LogP contribution in [0.4, 0.5) is 0 Å². The third-order valence-electron chi connectivity index (χ3n) is 1.52. The van der Waals surface area contributed by atoms with Gasteiger partial charge in [-0.15, -0.1) is 4.68 Å². The molecule has 1 rings (SSSR count). The van der Waals surface area contributed by atoms with Crippen LogP contribution in [-0.2, 0) is 16.1 Å². The number of nitrogens with one attached hydrogen (secondary N) is 1. The van der Waals surface area contributed by atoms with Gasteiger partial charge in [0.25, 0.3) is 0 Å². The first-order valence-corrected chi connectivity index (χ1v) is 4.05. The van der Waals surface area contributed by atoms with E-state index >= 15 is 0 Å². The van der Waals surface area contributed by atoms with Crippen molar-refractivity contribution in [2.24, 2.45) is 0 Å². The van der Waals surface area contributed by atoms with Gasteiger partial charge >= 0.3 is 5.97 Å². The molecule has 0 amide bonds. The molecule has 0 aliphatic carbocycles. The van der Waals surface area contributed by atoms with E-state index in [1.807, 2.05) is 16.9 Å². The molecule has 4 nitrogen and oxygen atoms in total. The molecule has 0 aliphatic rings. The molecule has 0 fully saturated rings. The summed E-state index contributed by atoms with van der Waals surface area (Å²) in [7, 11) is 0. The van der Waals surface area contributed by atoms with Crippen molar-refractivity contribution in [1.82, 2.24) is 5.10 Å². The van der Waals surface area contributed by atoms with Crippen molar-refractivity contribution < 1.29 is 14.2 Å². The van der Waals surface area contributed by atoms with Gasteiger partial charge in [-0.2, -0.15) is 5.10 Å². The Morgan fingerprint density at radius 2 is 2.46 bits per heavy atom. The van der Waals surface area contributed by atoms with Gasteiger partial charge in [0.15, 0.2) is 12.8 Å². The zero-order valence-corrected chi connectivity index (χ0v) is 7.62. The number of esters is 1. The number of hydrogen-bond donors (Lipinski definition) is 1. The largest absolute Gasteiger partial charge is 0.456 e. The molecule has 0 atom stereocenters. The van der Waals surface area contributed by atoms with Crippen LogP contribution in [0.1, 0.15) is 6.92 Å². The second kappa shape index (κ2) is 4.45. The molecule has 0 aliphatic heterocycles. The number of carbonyl (C=O) groups is 1. The van der Waals surface area contributed by atoms with E-state index in [1.165, 1.54) is 0 Å². The van der Waals surface area contributed by atoms with Gasteiger partial charge < -0.3 is 4.74 Å². The summed E-state index contributed by atoms with van der Waals surface area (Å²) in [6.07, 6.45) is 3.68. The highest BCUT2D eigenvalue weighted by Gasteiger charge is 2.05. The smallest absolute Gasteiger partial charge is 0.333 e. The van der Waals surface area contributed by atoms with E-state index in [0.29, 0.717) is 18.7 Å². The van der Waals surface area contributed by atoms with E-state index in [1.54, 1.807) is 13.1 Å². The minimum absolute atomic E-state index is 0.341. The molecule has 4 heteroatoms. The van der Waals surface area contributed by atoms with E-state index in [9.17, 15) is 4.79 Å². The third-order valence-corrected chi connectivity index (χ3v) is 1.52. The van der Waals surface area contributed by atoms with Gasteiger partial charge in [0.05, 0.1) is 6.20 Å². The number of aromatic amines is 1. The summed E-state index contributed by atoms with van der Waals surface area (Å²) in [5.74, 6) is -0.341. The van der Waals surface area contributed by atoms with Crippen molar-refractivity contribution in [1.29, 1.82) is 0 Å². The maximum atomic E-state index is 10.9. The normalized spacial score (nSPS) is 9.62. The van der Waals surface area contributed by atoms with Gasteiger partial charge in [-0.3, -0.25) is 0 Å². The average molecular weight is 181 g/mol. The van der Waals surface area contributed by atoms with Crippen molar-refractivity contribution in [2.75, 3.05) is 6.61 Å². The molecule has 0 aromatic carbocycles. The highest BCUT2D eigenvalue weighted by molar-refractivity contribution is 5.86. The van der Waals surface area contributed by atoms with Crippen LogP contribution in [0.5, 0.6) is 0 Å². The Morgan fingerprint density at radius 3 is 3.00 bits per heavy atom. The van der Waals surface area contributed by atoms with Gasteiger partial charge in [0.2, 0.25) is 6.54 Å². The van der Waals surface area contributed by atoms with Crippen molar-refractivity contribution in [3.63, 3.8) is 0 Å². The van der Waals surface area contributed by atoms with Crippen LogP contribution in [0, 0.1) is 0 Å². The van der Waals surface area contributed by atoms with Crippen LogP contribution in [-0.4, -0.2) is 17.7 Å². The number of ether oxygens (including phenoxy) is 1. The van der Waals surface area contributed by atoms with Crippen molar-refractivity contribution >= 4 is 5.97 Å². The van der Waals surface area contributed by atoms with Crippen molar-refractivity contribution in [2.45, 2.75) is 13.5 Å². The monoisotopic (exact) mass is 181 g/mol. The van der Waals surface area contributed by atoms with E-state index in [4.69, 9.17) is 4.74 Å². The second-order valence-electron chi connectivity index (χ2n) is 2.75. The number of carbonyl (C=O) groups excluding carboxylic acids is 1. The minimum Gasteiger partial charge on any atom is -0.456 e. The molecule has 70 valence electrons. The first-order valence-electron chi connectivity index (χ1n) is 4.05. The number of hydrogen-bond acceptors (Lipinski definition) is 2. The lowest BCUT2D eigenvalue weighted by Gasteiger charge is -1.99. The Hall–Kier alpha value is -1.58. The average Bonchev–Trinajstić information content (AvgIpc) is 2.56. The van der Waals surface area contributed by atoms with E-state index < -0.39 is 0 Å². The van der Waals surface area contributed by atoms with Gasteiger partial charge in [0, 0.05) is 11.6 Å². The molecule has 0 saturated carbocycles. The first kappa shape index (κ1) is 9.51. The molecular weight excluding hydrogens is 168 g/mol. The lowest BCUT2D eigenvalue weighted by atomic mass is 10.4. The van der Waals surface area contributed by atoms with E-state index in [0.717, 1.165) is 0 Å². The van der Waals surface area contributed by atoms with Crippen LogP contribution in [0.2, 0.25) is 0 Å². The topological polar surface area (TPSA) is 46.0 Å². The van der Waals surface area contributed by atoms with Gasteiger partial charge in [0.1, 0.15) is 0 Å². The van der Waals surface area contributed by atoms with Crippen molar-refractivity contribution in [3.8, 4) is 0 Å². The molecule has 0 spiro atoms. The number of nitrogens with zero attached hydrogens (tertiary/aromatic N) is 1. The van der Waals surface area contributed by atoms with Gasteiger partial charge in [-0.05, 0) is 6.92 Å². The second-order valence-corrected chi connectivity index (χ2v) is 2.75. The first-order chi connectivity index (χ1) is 6.20. The molecule has 0 bridgehead atoms. The number of aromatic nitrogens is 2. The summed E-state index contributed by atoms with van der Waals surface area (Å²) in [6.45, 7) is 6.10. The summed E-state index contributed by atoms with van der Waals surface area (Å²) in [4.78, 5) is 10.9. The Bertz CT molecular complexity index is 291. The van der Waals surface area contributed by atoms with Crippen LogP contribution in [0.25, 0.3) is 0 Å². The van der Waals surface area contributed by atoms with E-state index in [2.05, 4.69) is 11.7 Å². The quantitative estimate of drug-likeness (QED) is 0.415. The summed E-state index contributed by atoms with van der Waals surface area (Å²) < 4.78 is 6.72. The van der Waals surface area contributed by atoms with Crippen LogP contribution in [0.15, 0.2) is 30.6 Å². The summed E-state index contributed by atoms with van der Waals surface area (Å²) in [6, 6.07) is 1.88. The van der Waals surface area contributed by atoms with Crippen molar-refractivity contribution in [3.05, 3.63) is 30.6 Å². The molecular formula is C9H13N2O2+. The fourth-order valence-corrected chi connectivity index (χ4v) is 0.828. The minimum atomic E-state index is -0.341. The van der Waals surface area contributed by atoms with Gasteiger partial charge in [-0.1, -0.05) is 6.58 Å². The zero-order chi connectivity index (χ0) is 9.68. The Morgan fingerprint density at radius 1 is 1.69 bits per heavy atom. The Balaban J connectivity index is 2.22. The van der Waals surface area contributed by atoms with E-state index in [-0.39, 0.29) is 5.97 Å². The SMILES string of the molecule is C=C(C)C(=O)OCC[n+]1ccc[nH]1. The van der Waals surface area contributed by atoms with Crippen LogP contribution in [0.3, 0.4) is 0 Å². The predicted molar refractivity (Wildman–Crippen MR) is 46.8 cm³/mol. The zero-order valence-electron chi connectivity index (χ0n) is 7.62. The molecule has 13 heavy (non-hydrogen) atoms. The molecule has 1 aromatic rings. The molecule has 1 aromatic heterocycles. The lowest BCUT2D eigenvalue weighted by Crippen LogP contribution is -2.37. The predicted octanol–water partition coefficient (Wildman–Crippen LogP) is 0.421. The summed E-state index contributed by atoms with van der Waals surface area (Å²) in [5, 5.41) is 2.94. The molecule has 0 saturated heterocycles. The molecule has 0 radical (unpaired) electrons. The maximum Gasteiger partial charge on any atom is 0.333 e. The van der Waals surface area contributed by atoms with Crippen LogP contribution >= 0.6 is 0 Å². The lowest BCUT2D eigenvalue weighted by molar-refractivity contribution is -0.750. The standard InChI is InChI=1S/C9H12N2O2/c1-8(2)9(12)13-7-6-11-5-3-4-10-11/h3-5H,1,6-7H2,2H3/p+1. The number of rotatable bonds is 4. The molecule has 1 heterocycles. The highest BCUT2D eigenvalue weighted by Crippen LogP contribution is 1.90. The van der Waals surface area contributed by atoms with Gasteiger partial charge in [-0.25, -0.2) is 4.79 Å². The molecule has 0 unspecified atom stereocenters. The molecule has 1 N–H and O–H groups in total. The fraction of sp³-hybridized carbons (Fsp3) is 0.333.